The number of benzene rings is 3. The summed E-state index contributed by atoms with van der Waals surface area (Å²) in [7, 11) is 0. The smallest absolute Gasteiger partial charge is 0.330 e. The van der Waals surface area contributed by atoms with Gasteiger partial charge in [0.05, 0.1) is 31.3 Å². The van der Waals surface area contributed by atoms with Crippen LogP contribution in [0.2, 0.25) is 0 Å². The number of aliphatic carboxylic acids is 1. The lowest BCUT2D eigenvalue weighted by atomic mass is 9.75. The number of carbonyl (C=O) groups excluding carboxylic acids is 8. The van der Waals surface area contributed by atoms with E-state index in [9.17, 15) is 95.8 Å². The number of carboxylic acid groups (broad SMARTS) is 1. The summed E-state index contributed by atoms with van der Waals surface area (Å²) in [5.41, 5.74) is 5.19. The largest absolute Gasteiger partial charge is 0.512 e. The van der Waals surface area contributed by atoms with Crippen molar-refractivity contribution in [2.75, 3.05) is 19.8 Å². The SMILES string of the molecule is CCCCCCCCCCCCCCCC(=O)NC1C(O)[C@H](O)C(CO)O[C@H]1Oc1c2cc3cc1OC1=C(C)C=C(CC1)C[C@H]1NC(=O)[C@H](N)c4ccc(O)c(c4)Oc4cc(O)cc(c4)[C@H](NC1=O)C(=O)N[C@H]3C(=O)N[C@H]1C(=O)N[C@H](C(=O)N[C@H](C(=O)O)C3=CC(O)CC(O[C@H]4OC(CO)[C@@H](O)C(O)C4O)=C3C3CC1=CC=C3O)[C@H](O[C@@H]1OC(CO)[C@@H](O)C(O)C1NC(C)=O)C1=CC=C(O2)[C@@H](Cl)C1. The molecule has 4 aliphatic carbocycles. The number of aliphatic hydroxyl groups is 12. The number of allylic oxidation sites excluding steroid dienone is 9. The van der Waals surface area contributed by atoms with Gasteiger partial charge in [0, 0.05) is 43.7 Å². The number of phenolic OH excluding ortho intramolecular Hbond substituents is 2. The second kappa shape index (κ2) is 45.4. The lowest BCUT2D eigenvalue weighted by Crippen LogP contribution is -2.67. The minimum absolute atomic E-state index is 0.0210. The van der Waals surface area contributed by atoms with E-state index in [-0.39, 0.29) is 71.0 Å². The van der Waals surface area contributed by atoms with Crippen LogP contribution in [0.4, 0.5) is 0 Å². The number of phenols is 2. The van der Waals surface area contributed by atoms with Crippen LogP contribution in [0.15, 0.2) is 141 Å². The number of carbonyl (C=O) groups is 9. The molecular formula is C95H120ClN9O33. The first kappa shape index (κ1) is 103. The van der Waals surface area contributed by atoms with Crippen LogP contribution in [0.1, 0.15) is 184 Å². The standard InChI is InChI=1S/C95H120ClN9O33/c1-4-5-6-7-8-9-10-11-12-13-14-15-16-17-67(114)100-75-81(119)78(116)65(39-107)135-94(75)138-85-62-33-48-34-63(85)132-59-25-21-46(31-54(59)96)84(137-93-74(98-42(3)109)80(118)77(115)64(38-106)134-93)76-91(127)104-73(92(128)129)53-36-50(111)37-61(133-95-83(121)82(120)79(117)66(40-108)136-95)68(53)52-30-45(20-22-56(52)112)70(88(124)105-76)102-90(126)72(48)103-89(125)71-47-28-49(110)35-51(29-47)130-60-32-44(19-23-57(60)113)69(97)87(123)99-55(86(122)101-71)27-43-18-24-58(131-62)41(2)26-43/h19-23,25-26,28-29,32-36,50,52,54-55,64-66,69-84,93-95,106-108,110-113,115-121H,4-18,24,27,30-31,37-40,97H2,1-3H3,(H,98,109)(H,99,123)(H,100,114)(H,101,122)(H,102,126)(H,103,125)(H,104,127)(H,105,124)(H,128,129)/t50?,52?,54-,55+,64?,65?,66?,69+,70+,71-,72+,73-,74?,75?,76-,77+,78+,79+,80?,81?,82?,83?,84+,93-,94-,95-/m0/s1. The molecule has 25 N–H and O–H groups in total. The number of nitrogens with one attached hydrogen (secondary N) is 8. The normalized spacial score (nSPS) is 32.3. The highest BCUT2D eigenvalue weighted by Crippen LogP contribution is 2.50. The van der Waals surface area contributed by atoms with Gasteiger partial charge in [-0.2, -0.15) is 0 Å². The molecule has 11 unspecified atom stereocenters. The van der Waals surface area contributed by atoms with Crippen LogP contribution in [0.25, 0.3) is 0 Å². The molecule has 43 heteroatoms. The molecule has 3 aromatic rings. The average Bonchev–Trinajstić information content (AvgIpc) is 0.754. The molecular weight excluding hydrogens is 1830 g/mol. The number of aromatic hydroxyl groups is 2. The van der Waals surface area contributed by atoms with Crippen LogP contribution in [-0.2, 0) is 66.8 Å². The lowest BCUT2D eigenvalue weighted by molar-refractivity contribution is -0.292. The number of hydrogen-bond donors (Lipinski definition) is 24. The molecule has 16 rings (SSSR count). The van der Waals surface area contributed by atoms with Crippen molar-refractivity contribution in [1.29, 1.82) is 0 Å². The predicted molar refractivity (Wildman–Crippen MR) is 481 cm³/mol. The summed E-state index contributed by atoms with van der Waals surface area (Å²) in [6.07, 6.45) is -12.2. The second-order valence-electron chi connectivity index (χ2n) is 36.4. The topological polar surface area (TPSA) is 662 Å². The second-order valence-corrected chi connectivity index (χ2v) is 36.9. The van der Waals surface area contributed by atoms with Crippen LogP contribution >= 0.6 is 11.6 Å². The van der Waals surface area contributed by atoms with Crippen LogP contribution in [-0.4, -0.2) is 283 Å². The number of nitrogens with two attached hydrogens (primary N) is 1. The molecule has 4 fully saturated rings. The van der Waals surface area contributed by atoms with E-state index in [4.69, 9.17) is 60.0 Å². The Morgan fingerprint density at radius 1 is 0.543 bits per heavy atom. The number of ether oxygens (including phenoxy) is 9. The quantitative estimate of drug-likeness (QED) is 0.0397. The molecule has 17 bridgehead atoms. The van der Waals surface area contributed by atoms with E-state index in [0.29, 0.717) is 24.0 Å². The van der Waals surface area contributed by atoms with Crippen LogP contribution < -0.4 is 67.2 Å². The van der Waals surface area contributed by atoms with Crippen molar-refractivity contribution in [1.82, 2.24) is 42.5 Å². The van der Waals surface area contributed by atoms with Crippen molar-refractivity contribution in [2.24, 2.45) is 11.7 Å². The van der Waals surface area contributed by atoms with Gasteiger partial charge in [0.2, 0.25) is 65.6 Å². The number of alkyl halides is 1. The van der Waals surface area contributed by atoms with Gasteiger partial charge in [0.15, 0.2) is 35.3 Å². The van der Waals surface area contributed by atoms with E-state index in [1.165, 1.54) is 62.1 Å². The zero-order valence-electron chi connectivity index (χ0n) is 75.9. The van der Waals surface area contributed by atoms with Gasteiger partial charge < -0.3 is 167 Å². The minimum Gasteiger partial charge on any atom is -0.512 e. The van der Waals surface area contributed by atoms with Crippen molar-refractivity contribution in [2.45, 2.75) is 301 Å². The van der Waals surface area contributed by atoms with Crippen molar-refractivity contribution in [3.05, 3.63) is 158 Å². The number of hydrogen-bond acceptors (Lipinski definition) is 33. The van der Waals surface area contributed by atoms with E-state index >= 15 is 24.0 Å². The molecule has 0 saturated carbocycles. The summed E-state index contributed by atoms with van der Waals surface area (Å²) in [6, 6.07) is -9.56. The van der Waals surface area contributed by atoms with Gasteiger partial charge in [0.1, 0.15) is 150 Å². The molecule has 9 aliphatic heterocycles. The maximum atomic E-state index is 17.1. The minimum atomic E-state index is -2.49. The maximum Gasteiger partial charge on any atom is 0.330 e. The van der Waals surface area contributed by atoms with Gasteiger partial charge in [-0.25, -0.2) is 4.79 Å². The van der Waals surface area contributed by atoms with Crippen molar-refractivity contribution in [3.8, 4) is 40.2 Å². The van der Waals surface area contributed by atoms with Gasteiger partial charge >= 0.3 is 5.97 Å². The van der Waals surface area contributed by atoms with Crippen LogP contribution in [0, 0.1) is 5.92 Å². The van der Waals surface area contributed by atoms with Crippen molar-refractivity contribution in [3.63, 3.8) is 0 Å². The number of fused-ring (bicyclic) bond motifs is 14. The van der Waals surface area contributed by atoms with E-state index < -0.39 is 307 Å². The first-order chi connectivity index (χ1) is 66.0. The zero-order valence-corrected chi connectivity index (χ0v) is 76.6. The van der Waals surface area contributed by atoms with E-state index in [1.54, 1.807) is 13.0 Å². The monoisotopic (exact) mass is 1950 g/mol. The van der Waals surface area contributed by atoms with Gasteiger partial charge in [0.25, 0.3) is 0 Å². The molecule has 0 radical (unpaired) electrons. The van der Waals surface area contributed by atoms with Crippen molar-refractivity contribution >= 4 is 64.8 Å². The molecule has 8 amide bonds. The first-order valence-electron chi connectivity index (χ1n) is 46.5. The molecule has 9 heterocycles. The fourth-order valence-corrected chi connectivity index (χ4v) is 19.3. The van der Waals surface area contributed by atoms with Crippen molar-refractivity contribution < 1.29 is 162 Å². The number of carboxylic acids is 1. The third-order valence-electron chi connectivity index (χ3n) is 26.4. The highest BCUT2D eigenvalue weighted by Gasteiger charge is 2.54. The van der Waals surface area contributed by atoms with E-state index in [0.717, 1.165) is 94.4 Å². The number of rotatable bonds is 26. The Morgan fingerprint density at radius 2 is 1.12 bits per heavy atom. The van der Waals surface area contributed by atoms with E-state index in [1.807, 2.05) is 0 Å². The molecule has 13 aliphatic rings. The third kappa shape index (κ3) is 23.4. The Morgan fingerprint density at radius 3 is 1.75 bits per heavy atom. The van der Waals surface area contributed by atoms with Gasteiger partial charge in [-0.1, -0.05) is 114 Å². The van der Waals surface area contributed by atoms with Crippen LogP contribution in [0.5, 0.6) is 40.2 Å². The summed E-state index contributed by atoms with van der Waals surface area (Å²) in [5.74, 6) is -18.1. The van der Waals surface area contributed by atoms with Gasteiger partial charge in [-0.15, -0.1) is 11.6 Å². The molecule has 3 aromatic carbocycles. The Labute approximate surface area is 796 Å². The summed E-state index contributed by atoms with van der Waals surface area (Å²) in [5, 5.41) is 191. The Bertz CT molecular complexity index is 5330. The number of amides is 8. The van der Waals surface area contributed by atoms with Gasteiger partial charge in [-0.3, -0.25) is 38.4 Å². The molecule has 4 saturated heterocycles. The summed E-state index contributed by atoms with van der Waals surface area (Å²) in [6.45, 7) is 1.76. The Balaban J connectivity index is 0.980. The number of unbranched alkanes of at least 4 members (excludes halogenated alkanes) is 12. The Hall–Kier alpha value is -11.1. The fraction of sp³-hybridized carbons (Fsp3) is 0.547. The third-order valence-corrected chi connectivity index (χ3v) is 26.8. The maximum absolute atomic E-state index is 17.1. The summed E-state index contributed by atoms with van der Waals surface area (Å²) >= 11 is 7.66. The summed E-state index contributed by atoms with van der Waals surface area (Å²) < 4.78 is 58.6. The highest BCUT2D eigenvalue weighted by molar-refractivity contribution is 6.22. The molecule has 42 nitrogen and oxygen atoms in total. The summed E-state index contributed by atoms with van der Waals surface area (Å²) in [4.78, 5) is 139. The predicted octanol–water partition coefficient (Wildman–Crippen LogP) is 1.21. The lowest BCUT2D eigenvalue weighted by Gasteiger charge is -2.44. The van der Waals surface area contributed by atoms with Crippen LogP contribution in [0.3, 0.4) is 0 Å². The highest BCUT2D eigenvalue weighted by atomic mass is 35.5. The first-order valence-corrected chi connectivity index (χ1v) is 46.9. The van der Waals surface area contributed by atoms with Gasteiger partial charge in [-0.05, 0) is 133 Å². The molecule has 138 heavy (non-hydrogen) atoms. The molecule has 0 spiro atoms. The average molecular weight is 1950 g/mol. The van der Waals surface area contributed by atoms with E-state index in [2.05, 4.69) is 49.5 Å². The Kier molecular flexibility index (Phi) is 33.8. The molecule has 26 atom stereocenters. The number of aliphatic hydroxyl groups excluding tert-OH is 12. The zero-order chi connectivity index (χ0) is 98.9. The molecule has 0 aromatic heterocycles. The fourth-order valence-electron chi connectivity index (χ4n) is 19.0. The number of halogens is 1. The molecule has 750 valence electrons.